The highest BCUT2D eigenvalue weighted by molar-refractivity contribution is 9.10. The van der Waals surface area contributed by atoms with Gasteiger partial charge in [-0.05, 0) is 66.6 Å². The Morgan fingerprint density at radius 3 is 2.03 bits per heavy atom. The van der Waals surface area contributed by atoms with Crippen molar-refractivity contribution >= 4 is 40.0 Å². The second kappa shape index (κ2) is 9.25. The summed E-state index contributed by atoms with van der Waals surface area (Å²) in [4.78, 5) is 18.6. The first-order chi connectivity index (χ1) is 15.3. The van der Waals surface area contributed by atoms with Crippen LogP contribution in [0.1, 0.15) is 44.1 Å². The van der Waals surface area contributed by atoms with E-state index in [2.05, 4.69) is 46.2 Å². The maximum absolute atomic E-state index is 5.46. The van der Waals surface area contributed by atoms with Crippen LogP contribution >= 0.6 is 15.9 Å². The van der Waals surface area contributed by atoms with E-state index in [9.17, 15) is 0 Å². The number of rotatable bonds is 5. The summed E-state index contributed by atoms with van der Waals surface area (Å²) < 4.78 is 11.7. The molecule has 10 heteroatoms. The first kappa shape index (κ1) is 20.3. The molecule has 0 saturated carbocycles. The lowest BCUT2D eigenvalue weighted by atomic mass is 10.1. The van der Waals surface area contributed by atoms with Gasteiger partial charge < -0.3 is 19.3 Å². The number of hydrazone groups is 1. The summed E-state index contributed by atoms with van der Waals surface area (Å²) in [5.41, 5.74) is 3.88. The van der Waals surface area contributed by atoms with Gasteiger partial charge in [-0.1, -0.05) is 0 Å². The van der Waals surface area contributed by atoms with Crippen LogP contribution in [0.2, 0.25) is 0 Å². The topological polar surface area (TPSA) is 88.0 Å². The summed E-state index contributed by atoms with van der Waals surface area (Å²) in [6.45, 7) is 4.17. The smallest absolute Gasteiger partial charge is 0.250 e. The largest absolute Gasteiger partial charge is 0.454 e. The number of piperidine rings is 2. The number of fused-ring (bicyclic) bond motifs is 1. The van der Waals surface area contributed by atoms with E-state index in [1.54, 1.807) is 6.21 Å². The SMILES string of the molecule is Brc1cc2c(cc1/C=N\Nc1nc(N3CCCCC3)nc(N3CCCCC3)n1)OCO2. The molecule has 31 heavy (non-hydrogen) atoms. The Labute approximate surface area is 190 Å². The summed E-state index contributed by atoms with van der Waals surface area (Å²) >= 11 is 3.55. The van der Waals surface area contributed by atoms with E-state index in [-0.39, 0.29) is 6.79 Å². The number of hydrogen-bond acceptors (Lipinski definition) is 9. The van der Waals surface area contributed by atoms with Gasteiger partial charge in [0.05, 0.1) is 6.21 Å². The van der Waals surface area contributed by atoms with Crippen molar-refractivity contribution in [1.82, 2.24) is 15.0 Å². The van der Waals surface area contributed by atoms with Gasteiger partial charge in [0.25, 0.3) is 0 Å². The minimum absolute atomic E-state index is 0.240. The lowest BCUT2D eigenvalue weighted by molar-refractivity contribution is 0.174. The van der Waals surface area contributed by atoms with Crippen LogP contribution in [0, 0.1) is 0 Å². The van der Waals surface area contributed by atoms with Crippen LogP contribution < -0.4 is 24.7 Å². The zero-order valence-corrected chi connectivity index (χ0v) is 19.0. The first-order valence-electron chi connectivity index (χ1n) is 10.9. The summed E-state index contributed by atoms with van der Waals surface area (Å²) in [7, 11) is 0. The molecule has 1 aromatic carbocycles. The van der Waals surface area contributed by atoms with Crippen molar-refractivity contribution in [1.29, 1.82) is 0 Å². The normalized spacial score (nSPS) is 18.6. The molecule has 164 valence electrons. The molecule has 1 aromatic heterocycles. The molecule has 0 radical (unpaired) electrons. The molecule has 0 atom stereocenters. The van der Waals surface area contributed by atoms with Gasteiger partial charge in [-0.25, -0.2) is 5.43 Å². The number of nitrogens with one attached hydrogen (secondary N) is 1. The predicted molar refractivity (Wildman–Crippen MR) is 123 cm³/mol. The summed E-state index contributed by atoms with van der Waals surface area (Å²) in [6.07, 6.45) is 8.93. The van der Waals surface area contributed by atoms with Crippen LogP contribution in [-0.4, -0.2) is 54.1 Å². The number of halogens is 1. The molecule has 2 fully saturated rings. The number of hydrogen-bond donors (Lipinski definition) is 1. The van der Waals surface area contributed by atoms with Crippen molar-refractivity contribution in [3.8, 4) is 11.5 Å². The first-order valence-corrected chi connectivity index (χ1v) is 11.7. The van der Waals surface area contributed by atoms with Gasteiger partial charge in [0.15, 0.2) is 11.5 Å². The molecule has 5 rings (SSSR count). The van der Waals surface area contributed by atoms with Crippen molar-refractivity contribution in [2.75, 3.05) is 48.2 Å². The van der Waals surface area contributed by atoms with E-state index in [1.165, 1.54) is 38.5 Å². The van der Waals surface area contributed by atoms with E-state index in [4.69, 9.17) is 14.5 Å². The van der Waals surface area contributed by atoms with Crippen LogP contribution in [0.4, 0.5) is 17.8 Å². The predicted octanol–water partition coefficient (Wildman–Crippen LogP) is 3.79. The Morgan fingerprint density at radius 2 is 1.42 bits per heavy atom. The minimum Gasteiger partial charge on any atom is -0.454 e. The van der Waals surface area contributed by atoms with E-state index in [0.717, 1.165) is 53.9 Å². The lowest BCUT2D eigenvalue weighted by Crippen LogP contribution is -2.34. The van der Waals surface area contributed by atoms with Crippen LogP contribution in [0.3, 0.4) is 0 Å². The van der Waals surface area contributed by atoms with Crippen molar-refractivity contribution < 1.29 is 9.47 Å². The quantitative estimate of drug-likeness (QED) is 0.503. The average Bonchev–Trinajstić information content (AvgIpc) is 3.27. The highest BCUT2D eigenvalue weighted by atomic mass is 79.9. The lowest BCUT2D eigenvalue weighted by Gasteiger charge is -2.30. The summed E-state index contributed by atoms with van der Waals surface area (Å²) in [6, 6.07) is 3.78. The maximum Gasteiger partial charge on any atom is 0.250 e. The Balaban J connectivity index is 1.37. The molecular weight excluding hydrogens is 462 g/mol. The number of anilines is 3. The third-order valence-corrected chi connectivity index (χ3v) is 6.44. The van der Waals surface area contributed by atoms with Crippen molar-refractivity contribution in [2.45, 2.75) is 38.5 Å². The van der Waals surface area contributed by atoms with Crippen LogP contribution in [0.5, 0.6) is 11.5 Å². The highest BCUT2D eigenvalue weighted by Gasteiger charge is 2.20. The fourth-order valence-corrected chi connectivity index (χ4v) is 4.49. The Hall–Kier alpha value is -2.62. The fourth-order valence-electron chi connectivity index (χ4n) is 4.07. The number of ether oxygens (including phenoxy) is 2. The molecule has 0 aliphatic carbocycles. The molecule has 2 aromatic rings. The zero-order chi connectivity index (χ0) is 21.0. The van der Waals surface area contributed by atoms with Crippen LogP contribution in [0.25, 0.3) is 0 Å². The molecular formula is C21H26BrN7O2. The van der Waals surface area contributed by atoms with Gasteiger partial charge in [0.1, 0.15) is 0 Å². The minimum atomic E-state index is 0.240. The molecule has 0 amide bonds. The average molecular weight is 488 g/mol. The maximum atomic E-state index is 5.46. The van der Waals surface area contributed by atoms with Crippen LogP contribution in [0.15, 0.2) is 21.7 Å². The van der Waals surface area contributed by atoms with Gasteiger partial charge in [0.2, 0.25) is 24.6 Å². The van der Waals surface area contributed by atoms with Crippen LogP contribution in [-0.2, 0) is 0 Å². The Kier molecular flexibility index (Phi) is 6.06. The zero-order valence-electron chi connectivity index (χ0n) is 17.4. The molecule has 4 heterocycles. The summed E-state index contributed by atoms with van der Waals surface area (Å²) in [5, 5.41) is 4.38. The van der Waals surface area contributed by atoms with Gasteiger partial charge in [-0.2, -0.15) is 20.1 Å². The van der Waals surface area contributed by atoms with E-state index >= 15 is 0 Å². The molecule has 0 spiro atoms. The molecule has 1 N–H and O–H groups in total. The number of nitrogens with zero attached hydrogens (tertiary/aromatic N) is 6. The highest BCUT2D eigenvalue weighted by Crippen LogP contribution is 2.36. The standard InChI is InChI=1S/C21H26BrN7O2/c22-16-12-18-17(30-14-31-18)11-15(16)13-23-27-19-24-20(28-7-3-1-4-8-28)26-21(25-19)29-9-5-2-6-10-29/h11-13H,1-10,14H2,(H,24,25,26,27)/b23-13-. The van der Waals surface area contributed by atoms with Crippen molar-refractivity contribution in [2.24, 2.45) is 5.10 Å². The van der Waals surface area contributed by atoms with E-state index < -0.39 is 0 Å². The molecule has 9 nitrogen and oxygen atoms in total. The molecule has 2 saturated heterocycles. The Bertz CT molecular complexity index is 923. The van der Waals surface area contributed by atoms with Gasteiger partial charge in [-0.3, -0.25) is 0 Å². The fraction of sp³-hybridized carbons (Fsp3) is 0.524. The number of benzene rings is 1. The van der Waals surface area contributed by atoms with Gasteiger partial charge in [0, 0.05) is 36.2 Å². The van der Waals surface area contributed by atoms with Crippen molar-refractivity contribution in [3.05, 3.63) is 22.2 Å². The van der Waals surface area contributed by atoms with E-state index in [1.807, 2.05) is 12.1 Å². The van der Waals surface area contributed by atoms with E-state index in [0.29, 0.717) is 11.7 Å². The second-order valence-electron chi connectivity index (χ2n) is 7.95. The molecule has 3 aliphatic heterocycles. The second-order valence-corrected chi connectivity index (χ2v) is 8.81. The summed E-state index contributed by atoms with van der Waals surface area (Å²) in [5.74, 6) is 3.37. The van der Waals surface area contributed by atoms with Gasteiger partial charge >= 0.3 is 0 Å². The molecule has 3 aliphatic rings. The molecule has 0 bridgehead atoms. The Morgan fingerprint density at radius 1 is 0.839 bits per heavy atom. The van der Waals surface area contributed by atoms with Gasteiger partial charge in [-0.15, -0.1) is 0 Å². The third kappa shape index (κ3) is 4.68. The molecule has 0 unspecified atom stereocenters. The number of aromatic nitrogens is 3. The third-order valence-electron chi connectivity index (χ3n) is 5.75. The van der Waals surface area contributed by atoms with Crippen molar-refractivity contribution in [3.63, 3.8) is 0 Å². The monoisotopic (exact) mass is 487 g/mol.